The van der Waals surface area contributed by atoms with Crippen molar-refractivity contribution >= 4 is 0 Å². The van der Waals surface area contributed by atoms with Crippen LogP contribution in [0.25, 0.3) is 0 Å². The number of aliphatic hydroxyl groups is 1. The summed E-state index contributed by atoms with van der Waals surface area (Å²) < 4.78 is 0. The molecule has 0 spiro atoms. The van der Waals surface area contributed by atoms with Crippen LogP contribution < -0.4 is 0 Å². The molecular weight excluding hydrogens is 158 g/mol. The van der Waals surface area contributed by atoms with Crippen LogP contribution in [0, 0.1) is 16.0 Å². The second-order valence-electron chi connectivity index (χ2n) is 3.01. The summed E-state index contributed by atoms with van der Waals surface area (Å²) in [5, 5.41) is 19.3. The van der Waals surface area contributed by atoms with Crippen molar-refractivity contribution < 1.29 is 10.0 Å². The lowest BCUT2D eigenvalue weighted by molar-refractivity contribution is -0.581. The van der Waals surface area contributed by atoms with Crippen molar-refractivity contribution in [3.63, 3.8) is 0 Å². The van der Waals surface area contributed by atoms with Crippen LogP contribution in [0.4, 0.5) is 0 Å². The Bertz CT molecular complexity index is 138. The summed E-state index contributed by atoms with van der Waals surface area (Å²) in [6.45, 7) is 3.90. The van der Waals surface area contributed by atoms with Gasteiger partial charge in [0.1, 0.15) is 0 Å². The van der Waals surface area contributed by atoms with Crippen molar-refractivity contribution in [2.24, 2.45) is 5.92 Å². The van der Waals surface area contributed by atoms with Crippen molar-refractivity contribution in [2.45, 2.75) is 45.8 Å². The minimum Gasteiger partial charge on any atom is -0.333 e. The van der Waals surface area contributed by atoms with Crippen LogP contribution in [0.1, 0.15) is 39.5 Å². The van der Waals surface area contributed by atoms with Gasteiger partial charge in [-0.25, -0.2) is 0 Å². The molecule has 0 aliphatic rings. The maximum atomic E-state index is 10.2. The molecule has 2 unspecified atom stereocenters. The second-order valence-corrected chi connectivity index (χ2v) is 3.01. The van der Waals surface area contributed by atoms with Crippen molar-refractivity contribution in [3.8, 4) is 0 Å². The van der Waals surface area contributed by atoms with E-state index in [1.165, 1.54) is 0 Å². The van der Waals surface area contributed by atoms with Crippen molar-refractivity contribution in [2.75, 3.05) is 0 Å². The van der Waals surface area contributed by atoms with Crippen molar-refractivity contribution in [1.82, 2.24) is 0 Å². The molecule has 0 aromatic rings. The van der Waals surface area contributed by atoms with Gasteiger partial charge < -0.3 is 5.11 Å². The number of hydrogen-bond acceptors (Lipinski definition) is 3. The van der Waals surface area contributed by atoms with Gasteiger partial charge in [0.15, 0.2) is 0 Å². The first kappa shape index (κ1) is 11.4. The Morgan fingerprint density at radius 1 is 1.50 bits per heavy atom. The molecule has 0 aliphatic carbocycles. The molecule has 0 amide bonds. The highest BCUT2D eigenvalue weighted by molar-refractivity contribution is 4.58. The summed E-state index contributed by atoms with van der Waals surface area (Å²) in [5.74, 6) is -0.181. The standard InChI is InChI=1S/C8H17NO3/c1-3-5-6-7(4-2)8(10)9(11)12/h7-8,10H,3-6H2,1-2H3. The average Bonchev–Trinajstić information content (AvgIpc) is 2.05. The van der Waals surface area contributed by atoms with E-state index >= 15 is 0 Å². The molecule has 1 N–H and O–H groups in total. The second kappa shape index (κ2) is 5.94. The molecule has 0 heterocycles. The molecule has 4 nitrogen and oxygen atoms in total. The topological polar surface area (TPSA) is 63.4 Å². The number of nitro groups is 1. The van der Waals surface area contributed by atoms with E-state index in [1.807, 2.05) is 13.8 Å². The van der Waals surface area contributed by atoms with Crippen LogP contribution in [-0.4, -0.2) is 16.3 Å². The van der Waals surface area contributed by atoms with Gasteiger partial charge >= 0.3 is 6.23 Å². The summed E-state index contributed by atoms with van der Waals surface area (Å²) in [6.07, 6.45) is 2.00. The Hall–Kier alpha value is -0.640. The van der Waals surface area contributed by atoms with Gasteiger partial charge in [-0.2, -0.15) is 0 Å². The normalized spacial score (nSPS) is 15.6. The molecule has 0 aromatic heterocycles. The highest BCUT2D eigenvalue weighted by Gasteiger charge is 2.26. The predicted molar refractivity (Wildman–Crippen MR) is 46.3 cm³/mol. The van der Waals surface area contributed by atoms with E-state index < -0.39 is 11.2 Å². The molecule has 4 heteroatoms. The highest BCUT2D eigenvalue weighted by atomic mass is 16.7. The summed E-state index contributed by atoms with van der Waals surface area (Å²) in [5.41, 5.74) is 0. The summed E-state index contributed by atoms with van der Waals surface area (Å²) in [6, 6.07) is 0. The fraction of sp³-hybridized carbons (Fsp3) is 1.00. The number of rotatable bonds is 6. The molecule has 0 saturated carbocycles. The van der Waals surface area contributed by atoms with Gasteiger partial charge in [-0.3, -0.25) is 10.1 Å². The maximum absolute atomic E-state index is 10.2. The van der Waals surface area contributed by atoms with Gasteiger partial charge in [0.05, 0.1) is 10.8 Å². The number of nitrogens with zero attached hydrogens (tertiary/aromatic N) is 1. The zero-order valence-corrected chi connectivity index (χ0v) is 7.69. The van der Waals surface area contributed by atoms with E-state index in [2.05, 4.69) is 0 Å². The third-order valence-electron chi connectivity index (χ3n) is 2.09. The van der Waals surface area contributed by atoms with Crippen LogP contribution in [0.15, 0.2) is 0 Å². The van der Waals surface area contributed by atoms with Crippen LogP contribution >= 0.6 is 0 Å². The van der Waals surface area contributed by atoms with Crippen LogP contribution in [0.3, 0.4) is 0 Å². The molecule has 2 atom stereocenters. The van der Waals surface area contributed by atoms with E-state index in [1.54, 1.807) is 0 Å². The molecule has 0 fully saturated rings. The molecule has 0 saturated heterocycles. The summed E-state index contributed by atoms with van der Waals surface area (Å²) in [4.78, 5) is 9.61. The predicted octanol–water partition coefficient (Wildman–Crippen LogP) is 1.80. The van der Waals surface area contributed by atoms with E-state index in [0.717, 1.165) is 19.3 Å². The quantitative estimate of drug-likeness (QED) is 0.380. The fourth-order valence-electron chi connectivity index (χ4n) is 1.20. The smallest absolute Gasteiger partial charge is 0.315 e. The lowest BCUT2D eigenvalue weighted by Crippen LogP contribution is -2.28. The zero-order chi connectivity index (χ0) is 9.56. The Labute approximate surface area is 72.7 Å². The first-order chi connectivity index (χ1) is 5.63. The van der Waals surface area contributed by atoms with Gasteiger partial charge in [0, 0.05) is 0 Å². The Morgan fingerprint density at radius 2 is 2.08 bits per heavy atom. The maximum Gasteiger partial charge on any atom is 0.315 e. The SMILES string of the molecule is CCCCC(CC)C(O)[N+](=O)[O-]. The fourth-order valence-corrected chi connectivity index (χ4v) is 1.20. The first-order valence-electron chi connectivity index (χ1n) is 4.45. The lowest BCUT2D eigenvalue weighted by atomic mass is 9.98. The first-order valence-corrected chi connectivity index (χ1v) is 4.45. The minimum absolute atomic E-state index is 0.181. The van der Waals surface area contributed by atoms with Crippen LogP contribution in [0.2, 0.25) is 0 Å². The summed E-state index contributed by atoms with van der Waals surface area (Å²) >= 11 is 0. The number of aliphatic hydroxyl groups excluding tert-OH is 1. The molecule has 0 bridgehead atoms. The molecule has 0 radical (unpaired) electrons. The van der Waals surface area contributed by atoms with Crippen molar-refractivity contribution in [1.29, 1.82) is 0 Å². The minimum atomic E-state index is -1.37. The van der Waals surface area contributed by atoms with Crippen molar-refractivity contribution in [3.05, 3.63) is 10.1 Å². The van der Waals surface area contributed by atoms with Gasteiger partial charge in [0.25, 0.3) is 0 Å². The zero-order valence-electron chi connectivity index (χ0n) is 7.69. The van der Waals surface area contributed by atoms with E-state index in [0.29, 0.717) is 6.42 Å². The third-order valence-corrected chi connectivity index (χ3v) is 2.09. The van der Waals surface area contributed by atoms with E-state index in [9.17, 15) is 10.1 Å². The number of hydrogen-bond donors (Lipinski definition) is 1. The monoisotopic (exact) mass is 175 g/mol. The molecule has 0 aromatic carbocycles. The Balaban J connectivity index is 3.87. The molecule has 0 aliphatic heterocycles. The molecule has 72 valence electrons. The third kappa shape index (κ3) is 3.67. The highest BCUT2D eigenvalue weighted by Crippen LogP contribution is 2.16. The molecule has 12 heavy (non-hydrogen) atoms. The summed E-state index contributed by atoms with van der Waals surface area (Å²) in [7, 11) is 0. The molecular formula is C8H17NO3. The van der Waals surface area contributed by atoms with Gasteiger partial charge in [-0.05, 0) is 12.8 Å². The van der Waals surface area contributed by atoms with E-state index in [4.69, 9.17) is 5.11 Å². The molecule has 0 rings (SSSR count). The lowest BCUT2D eigenvalue weighted by Gasteiger charge is -2.13. The largest absolute Gasteiger partial charge is 0.333 e. The number of unbranched alkanes of at least 4 members (excludes halogenated alkanes) is 1. The van der Waals surface area contributed by atoms with Gasteiger partial charge in [-0.1, -0.05) is 26.7 Å². The van der Waals surface area contributed by atoms with Gasteiger partial charge in [0.2, 0.25) is 0 Å². The van der Waals surface area contributed by atoms with Crippen LogP contribution in [0.5, 0.6) is 0 Å². The van der Waals surface area contributed by atoms with Crippen LogP contribution in [-0.2, 0) is 0 Å². The average molecular weight is 175 g/mol. The Kier molecular flexibility index (Phi) is 5.62. The van der Waals surface area contributed by atoms with Gasteiger partial charge in [-0.15, -0.1) is 0 Å². The Morgan fingerprint density at radius 3 is 2.42 bits per heavy atom. The van der Waals surface area contributed by atoms with E-state index in [-0.39, 0.29) is 5.92 Å².